The molecule has 2 N–H and O–H groups in total. The monoisotopic (exact) mass is 351 g/mol. The minimum absolute atomic E-state index is 0.111. The second kappa shape index (κ2) is 5.85. The highest BCUT2D eigenvalue weighted by atomic mass is 32.1. The van der Waals surface area contributed by atoms with Gasteiger partial charge in [-0.25, -0.2) is 4.79 Å². The molecule has 1 heterocycles. The number of carboxylic acid groups (broad SMARTS) is 1. The predicted octanol–water partition coefficient (Wildman–Crippen LogP) is 2.93. The third-order valence-electron chi connectivity index (χ3n) is 5.83. The average molecular weight is 351 g/mol. The van der Waals surface area contributed by atoms with Crippen molar-refractivity contribution in [3.8, 4) is 0 Å². The number of aliphatic carboxylic acids is 1. The van der Waals surface area contributed by atoms with Crippen LogP contribution in [0.5, 0.6) is 0 Å². The van der Waals surface area contributed by atoms with Crippen molar-refractivity contribution < 1.29 is 19.4 Å². The lowest BCUT2D eigenvalue weighted by Crippen LogP contribution is -2.76. The summed E-state index contributed by atoms with van der Waals surface area (Å²) in [5, 5.41) is 14.7. The molecule has 0 aromatic carbocycles. The molecule has 4 atom stereocenters. The van der Waals surface area contributed by atoms with E-state index in [0.717, 1.165) is 6.42 Å². The molecule has 24 heavy (non-hydrogen) atoms. The van der Waals surface area contributed by atoms with Gasteiger partial charge in [0, 0.05) is 35.2 Å². The molecule has 1 amide bonds. The molecule has 0 bridgehead atoms. The molecule has 5 nitrogen and oxygen atoms in total. The summed E-state index contributed by atoms with van der Waals surface area (Å²) in [5.74, 6) is -0.984. The number of hydrogen-bond acceptors (Lipinski definition) is 4. The maximum absolute atomic E-state index is 12.7. The second-order valence-electron chi connectivity index (χ2n) is 7.49. The molecule has 132 valence electrons. The normalized spacial score (nSPS) is 33.6. The summed E-state index contributed by atoms with van der Waals surface area (Å²) in [4.78, 5) is 25.9. The highest BCUT2D eigenvalue weighted by Crippen LogP contribution is 2.54. The van der Waals surface area contributed by atoms with Crippen LogP contribution in [0, 0.1) is 18.3 Å². The van der Waals surface area contributed by atoms with E-state index in [1.54, 1.807) is 11.3 Å². The van der Waals surface area contributed by atoms with E-state index in [4.69, 9.17) is 4.74 Å². The van der Waals surface area contributed by atoms with Crippen LogP contribution in [0.15, 0.2) is 11.4 Å². The Labute approximate surface area is 146 Å². The second-order valence-corrected chi connectivity index (χ2v) is 8.43. The SMILES string of the molecule is CCOC1CC(NC(=O)C2CC2c2sccc2C)(C(=O)O)C1(C)C. The smallest absolute Gasteiger partial charge is 0.330 e. The highest BCUT2D eigenvalue weighted by Gasteiger charge is 2.67. The fraction of sp³-hybridized carbons (Fsp3) is 0.667. The first-order valence-corrected chi connectivity index (χ1v) is 9.33. The average Bonchev–Trinajstić information content (AvgIpc) is 3.20. The zero-order valence-corrected chi connectivity index (χ0v) is 15.4. The van der Waals surface area contributed by atoms with E-state index in [1.807, 2.05) is 26.2 Å². The molecule has 4 unspecified atom stereocenters. The van der Waals surface area contributed by atoms with Gasteiger partial charge in [-0.3, -0.25) is 4.79 Å². The van der Waals surface area contributed by atoms with E-state index in [1.165, 1.54) is 10.4 Å². The summed E-state index contributed by atoms with van der Waals surface area (Å²) in [6.07, 6.45) is 0.983. The first-order chi connectivity index (χ1) is 11.2. The number of hydrogen-bond donors (Lipinski definition) is 2. The molecule has 2 aliphatic rings. The zero-order valence-electron chi connectivity index (χ0n) is 14.6. The van der Waals surface area contributed by atoms with Gasteiger partial charge < -0.3 is 15.2 Å². The molecule has 2 saturated carbocycles. The van der Waals surface area contributed by atoms with Crippen LogP contribution in [0.4, 0.5) is 0 Å². The van der Waals surface area contributed by atoms with E-state index in [9.17, 15) is 14.7 Å². The minimum Gasteiger partial charge on any atom is -0.479 e. The van der Waals surface area contributed by atoms with E-state index in [-0.39, 0.29) is 23.8 Å². The van der Waals surface area contributed by atoms with Crippen molar-refractivity contribution in [2.75, 3.05) is 6.61 Å². The highest BCUT2D eigenvalue weighted by molar-refractivity contribution is 7.10. The fourth-order valence-electron chi connectivity index (χ4n) is 3.88. The molecular weight excluding hydrogens is 326 g/mol. The number of aryl methyl sites for hydroxylation is 1. The van der Waals surface area contributed by atoms with Crippen LogP contribution in [0.2, 0.25) is 0 Å². The van der Waals surface area contributed by atoms with Crippen LogP contribution in [0.25, 0.3) is 0 Å². The van der Waals surface area contributed by atoms with Crippen LogP contribution >= 0.6 is 11.3 Å². The van der Waals surface area contributed by atoms with Crippen LogP contribution in [0.1, 0.15) is 50.0 Å². The summed E-state index contributed by atoms with van der Waals surface area (Å²) in [6, 6.07) is 2.06. The van der Waals surface area contributed by atoms with Crippen LogP contribution in [-0.4, -0.2) is 35.2 Å². The van der Waals surface area contributed by atoms with Crippen LogP contribution in [-0.2, 0) is 14.3 Å². The number of thiophene rings is 1. The van der Waals surface area contributed by atoms with Gasteiger partial charge in [0.1, 0.15) is 5.54 Å². The maximum Gasteiger partial charge on any atom is 0.330 e. The van der Waals surface area contributed by atoms with Crippen molar-refractivity contribution in [2.45, 2.75) is 58.1 Å². The quantitative estimate of drug-likeness (QED) is 0.826. The van der Waals surface area contributed by atoms with Crippen molar-refractivity contribution in [3.63, 3.8) is 0 Å². The summed E-state index contributed by atoms with van der Waals surface area (Å²) in [5.41, 5.74) is -0.649. The van der Waals surface area contributed by atoms with Gasteiger partial charge in [-0.05, 0) is 37.3 Å². The topological polar surface area (TPSA) is 75.6 Å². The summed E-state index contributed by atoms with van der Waals surface area (Å²) in [6.45, 7) is 8.21. The lowest BCUT2D eigenvalue weighted by atomic mass is 9.54. The molecule has 1 aromatic heterocycles. The molecule has 2 aliphatic carbocycles. The van der Waals surface area contributed by atoms with Crippen molar-refractivity contribution in [3.05, 3.63) is 21.9 Å². The number of carbonyl (C=O) groups is 2. The van der Waals surface area contributed by atoms with Gasteiger partial charge in [0.25, 0.3) is 0 Å². The van der Waals surface area contributed by atoms with E-state index >= 15 is 0 Å². The number of amides is 1. The van der Waals surface area contributed by atoms with E-state index in [2.05, 4.69) is 18.3 Å². The van der Waals surface area contributed by atoms with Gasteiger partial charge in [0.15, 0.2) is 0 Å². The Balaban J connectivity index is 1.71. The number of ether oxygens (including phenoxy) is 1. The molecule has 0 spiro atoms. The lowest BCUT2D eigenvalue weighted by Gasteiger charge is -2.58. The first kappa shape index (κ1) is 17.4. The number of nitrogens with one attached hydrogen (secondary N) is 1. The molecule has 0 radical (unpaired) electrons. The number of carbonyl (C=O) groups excluding carboxylic acids is 1. The predicted molar refractivity (Wildman–Crippen MR) is 92.2 cm³/mol. The van der Waals surface area contributed by atoms with Gasteiger partial charge in [-0.1, -0.05) is 13.8 Å². The summed E-state index contributed by atoms with van der Waals surface area (Å²) >= 11 is 1.68. The lowest BCUT2D eigenvalue weighted by molar-refractivity contribution is -0.194. The Kier molecular flexibility index (Phi) is 4.24. The van der Waals surface area contributed by atoms with Gasteiger partial charge in [-0.15, -0.1) is 11.3 Å². The molecule has 6 heteroatoms. The third kappa shape index (κ3) is 2.47. The van der Waals surface area contributed by atoms with Gasteiger partial charge in [0.05, 0.1) is 6.10 Å². The number of rotatable bonds is 6. The van der Waals surface area contributed by atoms with Gasteiger partial charge in [-0.2, -0.15) is 0 Å². The Bertz CT molecular complexity index is 668. The Hall–Kier alpha value is -1.40. The Morgan fingerprint density at radius 3 is 2.67 bits per heavy atom. The van der Waals surface area contributed by atoms with Crippen molar-refractivity contribution in [2.24, 2.45) is 11.3 Å². The minimum atomic E-state index is -1.23. The van der Waals surface area contributed by atoms with Crippen molar-refractivity contribution in [1.29, 1.82) is 0 Å². The van der Waals surface area contributed by atoms with Crippen molar-refractivity contribution in [1.82, 2.24) is 5.32 Å². The van der Waals surface area contributed by atoms with Gasteiger partial charge in [0.2, 0.25) is 5.91 Å². The largest absolute Gasteiger partial charge is 0.479 e. The molecule has 0 saturated heterocycles. The Morgan fingerprint density at radius 1 is 1.46 bits per heavy atom. The van der Waals surface area contributed by atoms with Crippen LogP contribution in [0.3, 0.4) is 0 Å². The molecule has 0 aliphatic heterocycles. The van der Waals surface area contributed by atoms with Crippen molar-refractivity contribution >= 4 is 23.2 Å². The molecule has 3 rings (SSSR count). The first-order valence-electron chi connectivity index (χ1n) is 8.45. The standard InChI is InChI=1S/C18H25NO4S/c1-5-23-13-9-18(16(21)22,17(13,3)4)19-15(20)12-8-11(12)14-10(2)6-7-24-14/h6-7,11-13H,5,8-9H2,1-4H3,(H,19,20)(H,21,22). The maximum atomic E-state index is 12.7. The molecule has 1 aromatic rings. The molecular formula is C18H25NO4S. The summed E-state index contributed by atoms with van der Waals surface area (Å²) in [7, 11) is 0. The third-order valence-corrected chi connectivity index (χ3v) is 6.98. The summed E-state index contributed by atoms with van der Waals surface area (Å²) < 4.78 is 5.64. The molecule has 2 fully saturated rings. The Morgan fingerprint density at radius 2 is 2.17 bits per heavy atom. The van der Waals surface area contributed by atoms with Gasteiger partial charge >= 0.3 is 5.97 Å². The van der Waals surface area contributed by atoms with E-state index < -0.39 is 16.9 Å². The zero-order chi connectivity index (χ0) is 17.7. The van der Waals surface area contributed by atoms with E-state index in [0.29, 0.717) is 13.0 Å². The fourth-order valence-corrected chi connectivity index (χ4v) is 4.99. The van der Waals surface area contributed by atoms with Crippen LogP contribution < -0.4 is 5.32 Å². The number of carboxylic acids is 1.